The molecule has 2 aromatic rings. The number of rotatable bonds is 5. The summed E-state index contributed by atoms with van der Waals surface area (Å²) >= 11 is 0. The fourth-order valence-electron chi connectivity index (χ4n) is 1.98. The average Bonchev–Trinajstić information content (AvgIpc) is 2.46. The molecule has 0 fully saturated rings. The molecule has 0 saturated carbocycles. The maximum Gasteiger partial charge on any atom is 0.129 e. The molecule has 0 aliphatic rings. The summed E-state index contributed by atoms with van der Waals surface area (Å²) in [5, 5.41) is 13.1. The van der Waals surface area contributed by atoms with E-state index in [2.05, 4.69) is 22.4 Å². The zero-order valence-electron chi connectivity index (χ0n) is 11.4. The lowest BCUT2D eigenvalue weighted by Crippen LogP contribution is -2.05. The molecule has 19 heavy (non-hydrogen) atoms. The fraction of sp³-hybridized carbons (Fsp3) is 0.312. The van der Waals surface area contributed by atoms with Crippen molar-refractivity contribution < 1.29 is 5.11 Å². The van der Waals surface area contributed by atoms with E-state index in [4.69, 9.17) is 0 Å². The van der Waals surface area contributed by atoms with Gasteiger partial charge in [0.2, 0.25) is 0 Å². The Morgan fingerprint density at radius 3 is 2.63 bits per heavy atom. The Hall–Kier alpha value is -1.87. The number of nitrogens with zero attached hydrogens (tertiary/aromatic N) is 1. The first-order chi connectivity index (χ1) is 9.20. The van der Waals surface area contributed by atoms with Gasteiger partial charge in [0.25, 0.3) is 0 Å². The van der Waals surface area contributed by atoms with Crippen molar-refractivity contribution in [3.8, 4) is 0 Å². The van der Waals surface area contributed by atoms with E-state index in [9.17, 15) is 5.11 Å². The Morgan fingerprint density at radius 2 is 2.00 bits per heavy atom. The van der Waals surface area contributed by atoms with Crippen molar-refractivity contribution in [3.63, 3.8) is 0 Å². The molecule has 1 aromatic heterocycles. The van der Waals surface area contributed by atoms with Gasteiger partial charge in [-0.3, -0.25) is 0 Å². The molecule has 0 aliphatic heterocycles. The standard InChI is InChI=1S/C16H20N2O/c1-3-15(19)14-9-12(2)16(18-11-14)17-10-13-7-5-4-6-8-13/h4-9,11,15,19H,3,10H2,1-2H3,(H,17,18)/t15-/m1/s1. The summed E-state index contributed by atoms with van der Waals surface area (Å²) in [6.45, 7) is 4.72. The number of hydrogen-bond donors (Lipinski definition) is 2. The van der Waals surface area contributed by atoms with Crippen LogP contribution in [0, 0.1) is 6.92 Å². The number of pyridine rings is 1. The Labute approximate surface area is 114 Å². The van der Waals surface area contributed by atoms with E-state index in [1.165, 1.54) is 5.56 Å². The molecule has 0 spiro atoms. The average molecular weight is 256 g/mol. The van der Waals surface area contributed by atoms with Gasteiger partial charge in [-0.25, -0.2) is 4.98 Å². The lowest BCUT2D eigenvalue weighted by molar-refractivity contribution is 0.173. The molecule has 1 heterocycles. The van der Waals surface area contributed by atoms with Crippen LogP contribution < -0.4 is 5.32 Å². The molecule has 1 aromatic carbocycles. The first kappa shape index (κ1) is 13.6. The van der Waals surface area contributed by atoms with Crippen molar-refractivity contribution in [2.24, 2.45) is 0 Å². The molecular weight excluding hydrogens is 236 g/mol. The fourth-order valence-corrected chi connectivity index (χ4v) is 1.98. The zero-order chi connectivity index (χ0) is 13.7. The number of aliphatic hydroxyl groups is 1. The highest BCUT2D eigenvalue weighted by Gasteiger charge is 2.07. The lowest BCUT2D eigenvalue weighted by atomic mass is 10.1. The summed E-state index contributed by atoms with van der Waals surface area (Å²) in [4.78, 5) is 4.39. The van der Waals surface area contributed by atoms with Crippen LogP contribution in [0.1, 0.15) is 36.1 Å². The van der Waals surface area contributed by atoms with Crippen molar-refractivity contribution in [2.75, 3.05) is 5.32 Å². The third-order valence-electron chi connectivity index (χ3n) is 3.17. The Balaban J connectivity index is 2.05. The molecule has 0 unspecified atom stereocenters. The Bertz CT molecular complexity index is 526. The monoisotopic (exact) mass is 256 g/mol. The van der Waals surface area contributed by atoms with E-state index < -0.39 is 6.10 Å². The van der Waals surface area contributed by atoms with Gasteiger partial charge in [0.15, 0.2) is 0 Å². The van der Waals surface area contributed by atoms with Crippen LogP contribution >= 0.6 is 0 Å². The van der Waals surface area contributed by atoms with Gasteiger partial charge >= 0.3 is 0 Å². The number of aryl methyl sites for hydroxylation is 1. The van der Waals surface area contributed by atoms with Crippen LogP contribution in [-0.2, 0) is 6.54 Å². The number of nitrogens with one attached hydrogen (secondary N) is 1. The van der Waals surface area contributed by atoms with E-state index in [0.29, 0.717) is 6.42 Å². The van der Waals surface area contributed by atoms with Crippen LogP contribution in [-0.4, -0.2) is 10.1 Å². The Kier molecular flexibility index (Phi) is 4.53. The molecule has 100 valence electrons. The number of aliphatic hydroxyl groups excluding tert-OH is 1. The maximum absolute atomic E-state index is 9.79. The van der Waals surface area contributed by atoms with E-state index in [0.717, 1.165) is 23.5 Å². The molecule has 2 N–H and O–H groups in total. The second kappa shape index (κ2) is 6.34. The number of benzene rings is 1. The van der Waals surface area contributed by atoms with Crippen molar-refractivity contribution >= 4 is 5.82 Å². The zero-order valence-corrected chi connectivity index (χ0v) is 11.4. The van der Waals surface area contributed by atoms with Gasteiger partial charge in [-0.2, -0.15) is 0 Å². The molecular formula is C16H20N2O. The number of hydrogen-bond acceptors (Lipinski definition) is 3. The summed E-state index contributed by atoms with van der Waals surface area (Å²) in [5.74, 6) is 0.871. The van der Waals surface area contributed by atoms with Crippen LogP contribution in [0.15, 0.2) is 42.6 Å². The highest BCUT2D eigenvalue weighted by atomic mass is 16.3. The smallest absolute Gasteiger partial charge is 0.129 e. The summed E-state index contributed by atoms with van der Waals surface area (Å²) in [6, 6.07) is 12.2. The molecule has 0 bridgehead atoms. The minimum Gasteiger partial charge on any atom is -0.388 e. The molecule has 2 rings (SSSR count). The van der Waals surface area contributed by atoms with Gasteiger partial charge in [-0.1, -0.05) is 37.3 Å². The van der Waals surface area contributed by atoms with Gasteiger partial charge in [-0.05, 0) is 36.1 Å². The predicted octanol–water partition coefficient (Wildman–Crippen LogP) is 3.45. The quantitative estimate of drug-likeness (QED) is 0.861. The van der Waals surface area contributed by atoms with E-state index in [1.54, 1.807) is 6.20 Å². The summed E-state index contributed by atoms with van der Waals surface area (Å²) in [6.07, 6.45) is 2.03. The first-order valence-corrected chi connectivity index (χ1v) is 6.63. The van der Waals surface area contributed by atoms with Crippen LogP contribution in [0.5, 0.6) is 0 Å². The SMILES string of the molecule is CC[C@@H](O)c1cnc(NCc2ccccc2)c(C)c1. The summed E-state index contributed by atoms with van der Waals surface area (Å²) < 4.78 is 0. The van der Waals surface area contributed by atoms with Gasteiger partial charge in [-0.15, -0.1) is 0 Å². The second-order valence-electron chi connectivity index (χ2n) is 4.70. The minimum atomic E-state index is -0.422. The minimum absolute atomic E-state index is 0.422. The van der Waals surface area contributed by atoms with Crippen LogP contribution in [0.3, 0.4) is 0 Å². The molecule has 3 heteroatoms. The van der Waals surface area contributed by atoms with Gasteiger partial charge in [0.05, 0.1) is 6.10 Å². The van der Waals surface area contributed by atoms with Crippen LogP contribution in [0.25, 0.3) is 0 Å². The summed E-state index contributed by atoms with van der Waals surface area (Å²) in [7, 11) is 0. The molecule has 0 aliphatic carbocycles. The highest BCUT2D eigenvalue weighted by Crippen LogP contribution is 2.20. The first-order valence-electron chi connectivity index (χ1n) is 6.63. The van der Waals surface area contributed by atoms with Crippen molar-refractivity contribution in [3.05, 3.63) is 59.3 Å². The van der Waals surface area contributed by atoms with Gasteiger partial charge < -0.3 is 10.4 Å². The maximum atomic E-state index is 9.79. The lowest BCUT2D eigenvalue weighted by Gasteiger charge is -2.12. The highest BCUT2D eigenvalue weighted by molar-refractivity contribution is 5.45. The van der Waals surface area contributed by atoms with E-state index in [-0.39, 0.29) is 0 Å². The topological polar surface area (TPSA) is 45.2 Å². The Morgan fingerprint density at radius 1 is 1.26 bits per heavy atom. The van der Waals surface area contributed by atoms with E-state index >= 15 is 0 Å². The number of aromatic nitrogens is 1. The molecule has 1 atom stereocenters. The normalized spacial score (nSPS) is 12.2. The molecule has 0 saturated heterocycles. The van der Waals surface area contributed by atoms with Gasteiger partial charge in [0.1, 0.15) is 5.82 Å². The third-order valence-corrected chi connectivity index (χ3v) is 3.17. The summed E-state index contributed by atoms with van der Waals surface area (Å²) in [5.41, 5.74) is 3.16. The van der Waals surface area contributed by atoms with Crippen molar-refractivity contribution in [1.29, 1.82) is 0 Å². The molecule has 3 nitrogen and oxygen atoms in total. The molecule has 0 amide bonds. The second-order valence-corrected chi connectivity index (χ2v) is 4.70. The number of anilines is 1. The van der Waals surface area contributed by atoms with Crippen molar-refractivity contribution in [2.45, 2.75) is 32.9 Å². The third kappa shape index (κ3) is 3.55. The van der Waals surface area contributed by atoms with Crippen LogP contribution in [0.4, 0.5) is 5.82 Å². The largest absolute Gasteiger partial charge is 0.388 e. The van der Waals surface area contributed by atoms with Crippen LogP contribution in [0.2, 0.25) is 0 Å². The predicted molar refractivity (Wildman–Crippen MR) is 78.0 cm³/mol. The molecule has 0 radical (unpaired) electrons. The van der Waals surface area contributed by atoms with E-state index in [1.807, 2.05) is 38.1 Å². The van der Waals surface area contributed by atoms with Crippen molar-refractivity contribution in [1.82, 2.24) is 4.98 Å². The van der Waals surface area contributed by atoms with Gasteiger partial charge in [0, 0.05) is 12.7 Å².